The number of thioether (sulfide) groups is 1. The lowest BCUT2D eigenvalue weighted by molar-refractivity contribution is 0.530. The third kappa shape index (κ3) is 3.33. The monoisotopic (exact) mass is 336 g/mol. The Morgan fingerprint density at radius 1 is 1.32 bits per heavy atom. The highest BCUT2D eigenvalue weighted by molar-refractivity contribution is 7.98. The molecule has 0 spiro atoms. The number of hydrogen-bond donors (Lipinski definition) is 0. The van der Waals surface area contributed by atoms with Crippen molar-refractivity contribution >= 4 is 57.6 Å². The number of fused-ring (bicyclic) bond motifs is 1. The zero-order chi connectivity index (χ0) is 14.0. The maximum absolute atomic E-state index is 6.10. The van der Waals surface area contributed by atoms with Gasteiger partial charge in [-0.05, 0) is 30.1 Å². The minimum Gasteiger partial charge on any atom is -0.327 e. The van der Waals surface area contributed by atoms with Gasteiger partial charge in [0.15, 0.2) is 0 Å². The Balaban J connectivity index is 2.47. The van der Waals surface area contributed by atoms with Gasteiger partial charge < -0.3 is 4.57 Å². The van der Waals surface area contributed by atoms with E-state index in [1.54, 1.807) is 6.07 Å². The number of rotatable bonds is 5. The smallest absolute Gasteiger partial charge is 0.124 e. The summed E-state index contributed by atoms with van der Waals surface area (Å²) in [5.41, 5.74) is 1.85. The van der Waals surface area contributed by atoms with Gasteiger partial charge in [-0.15, -0.1) is 11.6 Å². The highest BCUT2D eigenvalue weighted by Gasteiger charge is 2.14. The SMILES string of the molecule is CSCC(C)Cn1c(CCl)nc2cc(Cl)c(Cl)cc21. The maximum atomic E-state index is 6.10. The first-order valence-corrected chi connectivity index (χ1v) is 8.64. The first-order chi connectivity index (χ1) is 9.06. The largest absolute Gasteiger partial charge is 0.327 e. The molecule has 0 aliphatic heterocycles. The number of benzene rings is 1. The third-order valence-electron chi connectivity index (χ3n) is 2.93. The van der Waals surface area contributed by atoms with Crippen molar-refractivity contribution in [3.8, 4) is 0 Å². The lowest BCUT2D eigenvalue weighted by atomic mass is 10.2. The van der Waals surface area contributed by atoms with E-state index in [9.17, 15) is 0 Å². The average molecular weight is 338 g/mol. The second kappa shape index (κ2) is 6.57. The van der Waals surface area contributed by atoms with Crippen molar-refractivity contribution in [2.75, 3.05) is 12.0 Å². The molecule has 0 fully saturated rings. The van der Waals surface area contributed by atoms with E-state index < -0.39 is 0 Å². The predicted octanol–water partition coefficient (Wildman–Crippen LogP) is 5.08. The van der Waals surface area contributed by atoms with E-state index in [1.165, 1.54) is 0 Å². The van der Waals surface area contributed by atoms with Gasteiger partial charge in [-0.3, -0.25) is 0 Å². The maximum Gasteiger partial charge on any atom is 0.124 e. The molecular weight excluding hydrogens is 323 g/mol. The van der Waals surface area contributed by atoms with Crippen LogP contribution in [0, 0.1) is 5.92 Å². The molecule has 1 atom stereocenters. The predicted molar refractivity (Wildman–Crippen MR) is 86.9 cm³/mol. The summed E-state index contributed by atoms with van der Waals surface area (Å²) in [5.74, 6) is 2.89. The zero-order valence-corrected chi connectivity index (χ0v) is 13.9. The second-order valence-electron chi connectivity index (χ2n) is 4.59. The highest BCUT2D eigenvalue weighted by atomic mass is 35.5. The fourth-order valence-corrected chi connectivity index (χ4v) is 3.32. The molecule has 0 bridgehead atoms. The molecule has 0 aliphatic rings. The average Bonchev–Trinajstić information content (AvgIpc) is 2.68. The van der Waals surface area contributed by atoms with Crippen LogP contribution in [0.1, 0.15) is 12.7 Å². The lowest BCUT2D eigenvalue weighted by Crippen LogP contribution is -2.12. The van der Waals surface area contributed by atoms with Gasteiger partial charge in [-0.1, -0.05) is 30.1 Å². The van der Waals surface area contributed by atoms with Crippen LogP contribution in [-0.4, -0.2) is 21.6 Å². The summed E-state index contributed by atoms with van der Waals surface area (Å²) >= 11 is 20.0. The minimum absolute atomic E-state index is 0.385. The van der Waals surface area contributed by atoms with Crippen molar-refractivity contribution in [3.05, 3.63) is 28.0 Å². The first kappa shape index (κ1) is 15.3. The van der Waals surface area contributed by atoms with Gasteiger partial charge in [0, 0.05) is 6.54 Å². The van der Waals surface area contributed by atoms with E-state index in [4.69, 9.17) is 34.8 Å². The van der Waals surface area contributed by atoms with E-state index in [1.807, 2.05) is 17.8 Å². The number of halogens is 3. The van der Waals surface area contributed by atoms with Crippen LogP contribution in [0.4, 0.5) is 0 Å². The van der Waals surface area contributed by atoms with E-state index in [0.29, 0.717) is 21.8 Å². The Labute approximate surface area is 132 Å². The van der Waals surface area contributed by atoms with Crippen LogP contribution in [0.5, 0.6) is 0 Å². The molecule has 0 amide bonds. The highest BCUT2D eigenvalue weighted by Crippen LogP contribution is 2.29. The third-order valence-corrected chi connectivity index (χ3v) is 4.80. The number of hydrogen-bond acceptors (Lipinski definition) is 2. The molecule has 104 valence electrons. The Morgan fingerprint density at radius 2 is 2.00 bits per heavy atom. The fraction of sp³-hybridized carbons (Fsp3) is 0.462. The topological polar surface area (TPSA) is 17.8 Å². The van der Waals surface area contributed by atoms with Crippen molar-refractivity contribution in [1.29, 1.82) is 0 Å². The number of nitrogens with zero attached hydrogens (tertiary/aromatic N) is 2. The summed E-state index contributed by atoms with van der Waals surface area (Å²) in [6.45, 7) is 3.11. The summed E-state index contributed by atoms with van der Waals surface area (Å²) in [5, 5.41) is 1.08. The van der Waals surface area contributed by atoms with Crippen LogP contribution in [0.15, 0.2) is 12.1 Å². The number of alkyl halides is 1. The number of aromatic nitrogens is 2. The standard InChI is InChI=1S/C13H15Cl3N2S/c1-8(7-19-2)6-18-12-4-10(16)9(15)3-11(12)17-13(18)5-14/h3-4,8H,5-7H2,1-2H3. The summed E-state index contributed by atoms with van der Waals surface area (Å²) in [6.07, 6.45) is 2.11. The van der Waals surface area contributed by atoms with Crippen molar-refractivity contribution in [3.63, 3.8) is 0 Å². The molecule has 1 heterocycles. The van der Waals surface area contributed by atoms with Crippen LogP contribution in [-0.2, 0) is 12.4 Å². The molecule has 19 heavy (non-hydrogen) atoms. The van der Waals surface area contributed by atoms with Crippen molar-refractivity contribution < 1.29 is 0 Å². The minimum atomic E-state index is 0.385. The van der Waals surface area contributed by atoms with Crippen molar-refractivity contribution in [2.45, 2.75) is 19.3 Å². The molecule has 0 radical (unpaired) electrons. The molecule has 6 heteroatoms. The molecule has 0 saturated carbocycles. The molecular formula is C13H15Cl3N2S. The summed E-state index contributed by atoms with van der Waals surface area (Å²) in [4.78, 5) is 4.53. The quantitative estimate of drug-likeness (QED) is 0.708. The summed E-state index contributed by atoms with van der Waals surface area (Å²) in [6, 6.07) is 3.67. The van der Waals surface area contributed by atoms with Gasteiger partial charge in [0.05, 0.1) is 27.0 Å². The van der Waals surface area contributed by atoms with Crippen LogP contribution in [0.2, 0.25) is 10.0 Å². The Bertz CT molecular complexity index is 583. The molecule has 2 aromatic rings. The summed E-state index contributed by atoms with van der Waals surface area (Å²) in [7, 11) is 0. The van der Waals surface area contributed by atoms with E-state index in [-0.39, 0.29) is 0 Å². The molecule has 0 saturated heterocycles. The number of imidazole rings is 1. The first-order valence-electron chi connectivity index (χ1n) is 5.95. The van der Waals surface area contributed by atoms with Gasteiger partial charge in [0.2, 0.25) is 0 Å². The fourth-order valence-electron chi connectivity index (χ4n) is 2.12. The van der Waals surface area contributed by atoms with Crippen LogP contribution in [0.25, 0.3) is 11.0 Å². The summed E-state index contributed by atoms with van der Waals surface area (Å²) < 4.78 is 2.14. The molecule has 1 aromatic heterocycles. The van der Waals surface area contributed by atoms with Gasteiger partial charge in [-0.25, -0.2) is 4.98 Å². The van der Waals surface area contributed by atoms with Gasteiger partial charge in [0.1, 0.15) is 5.82 Å². The normalized spacial score (nSPS) is 13.1. The second-order valence-corrected chi connectivity index (χ2v) is 6.58. The molecule has 2 rings (SSSR count). The Morgan fingerprint density at radius 3 is 2.63 bits per heavy atom. The Hall–Kier alpha value is -0.0900. The van der Waals surface area contributed by atoms with Gasteiger partial charge >= 0.3 is 0 Å². The lowest BCUT2D eigenvalue weighted by Gasteiger charge is -2.13. The molecule has 0 aliphatic carbocycles. The zero-order valence-electron chi connectivity index (χ0n) is 10.8. The van der Waals surface area contributed by atoms with E-state index in [0.717, 1.165) is 29.2 Å². The molecule has 0 N–H and O–H groups in total. The molecule has 1 aromatic carbocycles. The van der Waals surface area contributed by atoms with E-state index >= 15 is 0 Å². The molecule has 1 unspecified atom stereocenters. The van der Waals surface area contributed by atoms with E-state index in [2.05, 4.69) is 22.7 Å². The van der Waals surface area contributed by atoms with Gasteiger partial charge in [-0.2, -0.15) is 11.8 Å². The van der Waals surface area contributed by atoms with Crippen LogP contribution in [0.3, 0.4) is 0 Å². The molecule has 2 nitrogen and oxygen atoms in total. The van der Waals surface area contributed by atoms with Crippen LogP contribution >= 0.6 is 46.6 Å². The van der Waals surface area contributed by atoms with Gasteiger partial charge in [0.25, 0.3) is 0 Å². The van der Waals surface area contributed by atoms with Crippen molar-refractivity contribution in [2.24, 2.45) is 5.92 Å². The van der Waals surface area contributed by atoms with Crippen molar-refractivity contribution in [1.82, 2.24) is 9.55 Å². The van der Waals surface area contributed by atoms with Crippen LogP contribution < -0.4 is 0 Å². The Kier molecular flexibility index (Phi) is 5.29.